The lowest BCUT2D eigenvalue weighted by Crippen LogP contribution is -2.60. The van der Waals surface area contributed by atoms with Crippen LogP contribution in [0, 0.1) is 5.41 Å². The number of hydrogen-bond acceptors (Lipinski definition) is 3. The van der Waals surface area contributed by atoms with Crippen LogP contribution in [0.3, 0.4) is 0 Å². The van der Waals surface area contributed by atoms with Gasteiger partial charge < -0.3 is 9.84 Å². The van der Waals surface area contributed by atoms with Crippen LogP contribution >= 0.6 is 0 Å². The van der Waals surface area contributed by atoms with Gasteiger partial charge in [-0.3, -0.25) is 0 Å². The highest BCUT2D eigenvalue weighted by atomic mass is 16.5. The third kappa shape index (κ3) is 0.966. The molecule has 1 aromatic rings. The molecule has 0 amide bonds. The topological polar surface area (TPSA) is 46.5 Å². The predicted molar refractivity (Wildman–Crippen MR) is 76.2 cm³/mol. The van der Waals surface area contributed by atoms with Crippen molar-refractivity contribution in [2.45, 2.75) is 38.7 Å². The number of ether oxygens (including phenoxy) is 1. The van der Waals surface area contributed by atoms with Gasteiger partial charge in [0.05, 0.1) is 7.11 Å². The lowest BCUT2D eigenvalue weighted by molar-refractivity contribution is -0.181. The van der Waals surface area contributed by atoms with Crippen LogP contribution in [0.4, 0.5) is 0 Å². The first-order chi connectivity index (χ1) is 9.27. The van der Waals surface area contributed by atoms with Crippen LogP contribution in [0.15, 0.2) is 35.4 Å². The number of carbonyl (C=O) groups is 1. The molecule has 3 heteroatoms. The molecule has 2 aliphatic rings. The fourth-order valence-electron chi connectivity index (χ4n) is 4.51. The molecule has 0 spiro atoms. The molecule has 0 aliphatic heterocycles. The average Bonchev–Trinajstić information content (AvgIpc) is 2.63. The zero-order valence-corrected chi connectivity index (χ0v) is 12.6. The van der Waals surface area contributed by atoms with E-state index in [9.17, 15) is 9.90 Å². The van der Waals surface area contributed by atoms with Crippen molar-refractivity contribution in [2.24, 2.45) is 5.41 Å². The third-order valence-electron chi connectivity index (χ3n) is 6.12. The van der Waals surface area contributed by atoms with Gasteiger partial charge in [-0.25, -0.2) is 4.79 Å². The molecule has 20 heavy (non-hydrogen) atoms. The Hall–Kier alpha value is -1.61. The molecule has 0 aromatic heterocycles. The van der Waals surface area contributed by atoms with Crippen LogP contribution in [-0.4, -0.2) is 18.2 Å². The predicted octanol–water partition coefficient (Wildman–Crippen LogP) is 2.67. The van der Waals surface area contributed by atoms with Gasteiger partial charge in [0.15, 0.2) is 5.60 Å². The van der Waals surface area contributed by atoms with Crippen LogP contribution in [0.5, 0.6) is 0 Å². The Bertz CT molecular complexity index is 660. The summed E-state index contributed by atoms with van der Waals surface area (Å²) in [6.07, 6.45) is 0. The van der Waals surface area contributed by atoms with Crippen molar-refractivity contribution in [3.05, 3.63) is 46.5 Å². The van der Waals surface area contributed by atoms with Gasteiger partial charge in [0.2, 0.25) is 0 Å². The molecule has 0 fully saturated rings. The smallest absolute Gasteiger partial charge is 0.343 e. The number of fused-ring (bicyclic) bond motifs is 3. The fraction of sp³-hybridized carbons (Fsp3) is 0.471. The van der Waals surface area contributed by atoms with Crippen LogP contribution in [-0.2, 0) is 20.5 Å². The van der Waals surface area contributed by atoms with E-state index in [0.717, 1.165) is 11.1 Å². The van der Waals surface area contributed by atoms with E-state index in [0.29, 0.717) is 5.56 Å². The van der Waals surface area contributed by atoms with Gasteiger partial charge in [-0.1, -0.05) is 49.3 Å². The third-order valence-corrected chi connectivity index (χ3v) is 6.12. The molecule has 3 atom stereocenters. The first-order valence-electron chi connectivity index (χ1n) is 6.87. The Labute approximate surface area is 119 Å². The summed E-state index contributed by atoms with van der Waals surface area (Å²) in [5.74, 6) is -0.581. The molecule has 2 aliphatic carbocycles. The van der Waals surface area contributed by atoms with E-state index in [-0.39, 0.29) is 5.41 Å². The summed E-state index contributed by atoms with van der Waals surface area (Å²) in [6, 6.07) is 7.65. The van der Waals surface area contributed by atoms with Crippen LogP contribution in [0.1, 0.15) is 38.8 Å². The van der Waals surface area contributed by atoms with Crippen molar-refractivity contribution in [1.82, 2.24) is 0 Å². The van der Waals surface area contributed by atoms with Gasteiger partial charge in [0.25, 0.3) is 0 Å². The lowest BCUT2D eigenvalue weighted by Gasteiger charge is -2.57. The molecule has 0 heterocycles. The second-order valence-corrected chi connectivity index (χ2v) is 6.25. The average molecular weight is 272 g/mol. The molecule has 1 aromatic carbocycles. The number of allylic oxidation sites excluding steroid dienone is 1. The summed E-state index contributed by atoms with van der Waals surface area (Å²) in [5, 5.41) is 11.3. The second-order valence-electron chi connectivity index (χ2n) is 6.25. The molecule has 3 nitrogen and oxygen atoms in total. The number of benzene rings is 1. The van der Waals surface area contributed by atoms with Crippen LogP contribution in [0.25, 0.3) is 0 Å². The number of carbonyl (C=O) groups excluding carboxylic acids is 1. The Morgan fingerprint density at radius 1 is 1.10 bits per heavy atom. The van der Waals surface area contributed by atoms with Gasteiger partial charge in [0, 0.05) is 10.8 Å². The number of aliphatic hydroxyl groups is 1. The zero-order valence-electron chi connectivity index (χ0n) is 12.6. The molecular formula is C17H20O3. The summed E-state index contributed by atoms with van der Waals surface area (Å²) in [6.45, 7) is 8.15. The van der Waals surface area contributed by atoms with Crippen molar-refractivity contribution < 1.29 is 14.6 Å². The fourth-order valence-corrected chi connectivity index (χ4v) is 4.51. The van der Waals surface area contributed by atoms with Crippen molar-refractivity contribution >= 4 is 5.97 Å². The molecule has 0 saturated heterocycles. The highest BCUT2D eigenvalue weighted by Gasteiger charge is 2.75. The molecule has 3 rings (SSSR count). The largest absolute Gasteiger partial charge is 0.467 e. The minimum absolute atomic E-state index is 0.323. The Morgan fingerprint density at radius 2 is 1.65 bits per heavy atom. The van der Waals surface area contributed by atoms with Crippen molar-refractivity contribution in [2.75, 3.05) is 7.11 Å². The van der Waals surface area contributed by atoms with E-state index < -0.39 is 17.0 Å². The molecule has 106 valence electrons. The summed E-state index contributed by atoms with van der Waals surface area (Å²) < 4.78 is 4.93. The highest BCUT2D eigenvalue weighted by Crippen LogP contribution is 2.73. The summed E-state index contributed by atoms with van der Waals surface area (Å²) in [4.78, 5) is 12.4. The Balaban J connectivity index is 2.41. The van der Waals surface area contributed by atoms with E-state index in [4.69, 9.17) is 4.74 Å². The molecule has 0 bridgehead atoms. The lowest BCUT2D eigenvalue weighted by atomic mass is 9.45. The van der Waals surface area contributed by atoms with Crippen molar-refractivity contribution in [1.29, 1.82) is 0 Å². The van der Waals surface area contributed by atoms with Gasteiger partial charge >= 0.3 is 5.97 Å². The summed E-state index contributed by atoms with van der Waals surface area (Å²) >= 11 is 0. The SMILES string of the molecule is COC(=O)[C@]1(O)c2ccccc2[C@]2(C)C(C)=C(C)[C@]21C. The van der Waals surface area contributed by atoms with E-state index in [2.05, 4.69) is 13.8 Å². The van der Waals surface area contributed by atoms with Crippen molar-refractivity contribution in [3.63, 3.8) is 0 Å². The first kappa shape index (κ1) is 13.4. The van der Waals surface area contributed by atoms with E-state index >= 15 is 0 Å². The second kappa shape index (κ2) is 3.53. The molecule has 0 radical (unpaired) electrons. The number of rotatable bonds is 1. The molecular weight excluding hydrogens is 252 g/mol. The summed E-state index contributed by atoms with van der Waals surface area (Å²) in [5.41, 5.74) is 1.41. The maximum absolute atomic E-state index is 12.4. The quantitative estimate of drug-likeness (QED) is 0.631. The highest BCUT2D eigenvalue weighted by molar-refractivity contribution is 5.88. The zero-order chi connectivity index (χ0) is 14.9. The van der Waals surface area contributed by atoms with E-state index in [1.807, 2.05) is 38.1 Å². The van der Waals surface area contributed by atoms with E-state index in [1.54, 1.807) is 0 Å². The maximum Gasteiger partial charge on any atom is 0.343 e. The van der Waals surface area contributed by atoms with Crippen LogP contribution in [0.2, 0.25) is 0 Å². The van der Waals surface area contributed by atoms with Gasteiger partial charge in [-0.15, -0.1) is 0 Å². The Kier molecular flexibility index (Phi) is 2.36. The number of hydrogen-bond donors (Lipinski definition) is 1. The summed E-state index contributed by atoms with van der Waals surface area (Å²) in [7, 11) is 1.33. The Morgan fingerprint density at radius 3 is 2.20 bits per heavy atom. The normalized spacial score (nSPS) is 38.1. The van der Waals surface area contributed by atoms with Crippen LogP contribution < -0.4 is 0 Å². The minimum Gasteiger partial charge on any atom is -0.467 e. The maximum atomic E-state index is 12.4. The van der Waals surface area contributed by atoms with E-state index in [1.165, 1.54) is 12.7 Å². The van der Waals surface area contributed by atoms with Gasteiger partial charge in [-0.2, -0.15) is 0 Å². The molecule has 0 saturated carbocycles. The molecule has 0 unspecified atom stereocenters. The first-order valence-corrected chi connectivity index (χ1v) is 6.87. The molecule has 1 N–H and O–H groups in total. The number of methoxy groups -OCH3 is 1. The monoisotopic (exact) mass is 272 g/mol. The number of esters is 1. The standard InChI is InChI=1S/C17H20O3/c1-10-11(2)16(4)15(10,3)12-8-6-7-9-13(12)17(16,19)14(18)20-5/h6-9,19H,1-5H3/t15-,16+,17+/m0/s1. The van der Waals surface area contributed by atoms with Gasteiger partial charge in [0.1, 0.15) is 0 Å². The minimum atomic E-state index is -1.61. The van der Waals surface area contributed by atoms with Gasteiger partial charge in [-0.05, 0) is 25.0 Å². The van der Waals surface area contributed by atoms with Crippen molar-refractivity contribution in [3.8, 4) is 0 Å².